The van der Waals surface area contributed by atoms with Crippen LogP contribution in [-0.2, 0) is 20.2 Å². The molecule has 2 aliphatic heterocycles. The number of carbonyl (C=O) groups excluding carboxylic acids is 1. The number of benzene rings is 1. The van der Waals surface area contributed by atoms with Crippen molar-refractivity contribution >= 4 is 84.4 Å². The van der Waals surface area contributed by atoms with Crippen LogP contribution in [-0.4, -0.2) is 126 Å². The van der Waals surface area contributed by atoms with E-state index in [1.54, 1.807) is 13.8 Å². The average Bonchev–Trinajstić information content (AvgIpc) is 2.82. The van der Waals surface area contributed by atoms with Gasteiger partial charge in [0.1, 0.15) is 13.9 Å². The summed E-state index contributed by atoms with van der Waals surface area (Å²) < 4.78 is 16.9. The zero-order chi connectivity index (χ0) is 31.9. The number of ether oxygens (including phenoxy) is 3. The first kappa shape index (κ1) is 34.4. The van der Waals surface area contributed by atoms with Crippen LogP contribution >= 0.6 is 0 Å². The number of methoxy groups -OCH3 is 2. The van der Waals surface area contributed by atoms with E-state index in [1.807, 2.05) is 20.8 Å². The lowest BCUT2D eigenvalue weighted by molar-refractivity contribution is -0.168. The quantitative estimate of drug-likeness (QED) is 0.374. The molecule has 2 heterocycles. The first-order valence-electron chi connectivity index (χ1n) is 13.2. The molecule has 2 aliphatic rings. The normalized spacial score (nSPS) is 30.4. The molecular formula is C25H30B10N2O4. The Morgan fingerprint density at radius 1 is 0.902 bits per heavy atom. The number of hydrogen-bond donors (Lipinski definition) is 1. The van der Waals surface area contributed by atoms with E-state index in [4.69, 9.17) is 98.4 Å². The molecule has 3 unspecified atom stereocenters. The first-order chi connectivity index (χ1) is 18.3. The summed E-state index contributed by atoms with van der Waals surface area (Å²) >= 11 is 0. The van der Waals surface area contributed by atoms with E-state index in [1.165, 1.54) is 26.4 Å². The molecule has 1 saturated heterocycles. The van der Waals surface area contributed by atoms with Crippen molar-refractivity contribution in [2.45, 2.75) is 85.0 Å². The minimum absolute atomic E-state index is 0.0123. The van der Waals surface area contributed by atoms with Crippen LogP contribution in [0.1, 0.15) is 52.2 Å². The van der Waals surface area contributed by atoms with Crippen molar-refractivity contribution in [3.05, 3.63) is 23.3 Å². The van der Waals surface area contributed by atoms with Gasteiger partial charge in [0, 0.05) is 0 Å². The molecule has 6 nitrogen and oxygen atoms in total. The number of hydrogen-bond acceptors (Lipinski definition) is 6. The third kappa shape index (κ3) is 4.71. The SMILES string of the molecule is [B]C1([B])c2cc(OC)c(OC)cc2C2([B])N(C1([B])[B])C([B])([B])C([B])(CC(C)(C)C)C(OC(=O)[C@@H](N)C(C)C)C2([B])[B]. The second kappa shape index (κ2) is 10.2. The monoisotopic (exact) mass is 532 g/mol. The Balaban J connectivity index is 2.52. The van der Waals surface area contributed by atoms with Gasteiger partial charge >= 0.3 is 5.97 Å². The van der Waals surface area contributed by atoms with Crippen LogP contribution < -0.4 is 15.2 Å². The van der Waals surface area contributed by atoms with Gasteiger partial charge in [0.25, 0.3) is 0 Å². The van der Waals surface area contributed by atoms with Crippen molar-refractivity contribution in [3.63, 3.8) is 0 Å². The molecule has 0 aliphatic carbocycles. The molecule has 0 spiro atoms. The number of rotatable bonds is 6. The summed E-state index contributed by atoms with van der Waals surface area (Å²) in [7, 11) is 71.8. The summed E-state index contributed by atoms with van der Waals surface area (Å²) in [6.45, 7) is 9.09. The Hall–Kier alpha value is -1.14. The number of nitrogens with zero attached hydrogens (tertiary/aromatic N) is 1. The van der Waals surface area contributed by atoms with Crippen LogP contribution in [0.25, 0.3) is 0 Å². The van der Waals surface area contributed by atoms with Gasteiger partial charge in [-0.05, 0) is 46.2 Å². The molecule has 3 rings (SSSR count). The summed E-state index contributed by atoms with van der Waals surface area (Å²) in [6.07, 6.45) is -1.66. The second-order valence-electron chi connectivity index (χ2n) is 13.2. The maximum absolute atomic E-state index is 13.4. The Morgan fingerprint density at radius 2 is 1.37 bits per heavy atom. The van der Waals surface area contributed by atoms with Crippen LogP contribution in [0, 0.1) is 11.3 Å². The zero-order valence-electron chi connectivity index (χ0n) is 25.0. The van der Waals surface area contributed by atoms with Crippen LogP contribution in [0.4, 0.5) is 0 Å². The lowest BCUT2D eigenvalue weighted by atomic mass is 9.17. The third-order valence-corrected chi connectivity index (χ3v) is 8.49. The van der Waals surface area contributed by atoms with Gasteiger partial charge in [-0.3, -0.25) is 4.79 Å². The minimum Gasteiger partial charge on any atom is -0.493 e. The number of esters is 1. The molecule has 1 aromatic rings. The third-order valence-electron chi connectivity index (χ3n) is 8.49. The van der Waals surface area contributed by atoms with Crippen molar-refractivity contribution in [3.8, 4) is 11.5 Å². The van der Waals surface area contributed by atoms with E-state index in [2.05, 4.69) is 0 Å². The Bertz CT molecular complexity index is 1210. The van der Waals surface area contributed by atoms with Gasteiger partial charge in [-0.1, -0.05) is 61.3 Å². The highest BCUT2D eigenvalue weighted by Crippen LogP contribution is 2.70. The predicted molar refractivity (Wildman–Crippen MR) is 170 cm³/mol. The van der Waals surface area contributed by atoms with Crippen LogP contribution in [0.5, 0.6) is 11.5 Å². The van der Waals surface area contributed by atoms with Crippen LogP contribution in [0.15, 0.2) is 12.1 Å². The van der Waals surface area contributed by atoms with E-state index in [9.17, 15) is 4.79 Å². The van der Waals surface area contributed by atoms with E-state index in [0.717, 1.165) is 4.90 Å². The number of carbonyl (C=O) groups is 1. The van der Waals surface area contributed by atoms with Gasteiger partial charge < -0.3 is 24.8 Å². The summed E-state index contributed by atoms with van der Waals surface area (Å²) in [5, 5.41) is -11.0. The Labute approximate surface area is 258 Å². The van der Waals surface area contributed by atoms with Crippen LogP contribution in [0.3, 0.4) is 0 Å². The molecule has 41 heavy (non-hydrogen) atoms. The van der Waals surface area contributed by atoms with Crippen molar-refractivity contribution in [2.24, 2.45) is 17.1 Å². The van der Waals surface area contributed by atoms with Crippen molar-refractivity contribution < 1.29 is 19.0 Å². The molecule has 194 valence electrons. The standard InChI is InChI=1S/C25H30B10N2O4/c1-11(2)16(36)17(38)41-18-20(26,10-19(3,4)5)24(32,33)37-23(31,22(18,29)30)13-9-15(40-7)14(39-6)8-12(13)21(27,28)25(37,34)35/h8-9,11,16,18H,10,36H2,1-7H3/t16-,18?,20?,23?/m0/s1. The molecule has 20 radical (unpaired) electrons. The lowest BCUT2D eigenvalue weighted by Crippen LogP contribution is -2.88. The zero-order valence-corrected chi connectivity index (χ0v) is 25.0. The van der Waals surface area contributed by atoms with E-state index in [-0.39, 0.29) is 35.0 Å². The minimum atomic E-state index is -2.35. The molecule has 0 saturated carbocycles. The number of fused-ring (bicyclic) bond motifs is 3. The van der Waals surface area contributed by atoms with Crippen LogP contribution in [0.2, 0.25) is 10.5 Å². The highest BCUT2D eigenvalue weighted by atomic mass is 16.5. The largest absolute Gasteiger partial charge is 0.493 e. The molecule has 1 fully saturated rings. The molecule has 4 atom stereocenters. The molecule has 2 N–H and O–H groups in total. The molecule has 0 aromatic heterocycles. The molecule has 16 heteroatoms. The molecule has 0 bridgehead atoms. The fourth-order valence-electron chi connectivity index (χ4n) is 6.20. The van der Waals surface area contributed by atoms with E-state index in [0.29, 0.717) is 0 Å². The highest BCUT2D eigenvalue weighted by molar-refractivity contribution is 6.58. The predicted octanol–water partition coefficient (Wildman–Crippen LogP) is -1.06. The topological polar surface area (TPSA) is 74.0 Å². The van der Waals surface area contributed by atoms with Gasteiger partial charge in [0.05, 0.1) is 90.9 Å². The maximum atomic E-state index is 13.4. The molecule has 0 amide bonds. The lowest BCUT2D eigenvalue weighted by Gasteiger charge is -2.81. The highest BCUT2D eigenvalue weighted by Gasteiger charge is 2.72. The Morgan fingerprint density at radius 3 is 1.78 bits per heavy atom. The van der Waals surface area contributed by atoms with Gasteiger partial charge in [-0.25, -0.2) is 0 Å². The summed E-state index contributed by atoms with van der Waals surface area (Å²) in [5.74, 6) is -0.714. The fraction of sp³-hybridized carbons (Fsp3) is 0.720. The second-order valence-corrected chi connectivity index (χ2v) is 13.2. The smallest absolute Gasteiger partial charge is 0.323 e. The van der Waals surface area contributed by atoms with Crippen molar-refractivity contribution in [1.82, 2.24) is 4.90 Å². The number of piperidine rings is 1. The maximum Gasteiger partial charge on any atom is 0.323 e. The van der Waals surface area contributed by atoms with E-state index >= 15 is 0 Å². The van der Waals surface area contributed by atoms with Gasteiger partial charge in [-0.15, -0.1) is 0 Å². The summed E-state index contributed by atoms with van der Waals surface area (Å²) in [6, 6.07) is 1.85. The Kier molecular flexibility index (Phi) is 8.55. The molecular weight excluding hydrogens is 500 g/mol. The van der Waals surface area contributed by atoms with Crippen molar-refractivity contribution in [2.75, 3.05) is 14.2 Å². The molecule has 1 aromatic carbocycles. The van der Waals surface area contributed by atoms with Gasteiger partial charge in [-0.2, -0.15) is 0 Å². The first-order valence-corrected chi connectivity index (χ1v) is 13.2. The summed E-state index contributed by atoms with van der Waals surface area (Å²) in [5.41, 5.74) is 3.50. The van der Waals surface area contributed by atoms with Gasteiger partial charge in [0.15, 0.2) is 11.5 Å². The number of nitrogens with two attached hydrogens (primary N) is 1. The average molecular weight is 531 g/mol. The van der Waals surface area contributed by atoms with E-state index < -0.39 is 55.4 Å². The van der Waals surface area contributed by atoms with Crippen molar-refractivity contribution in [1.29, 1.82) is 0 Å². The summed E-state index contributed by atoms with van der Waals surface area (Å²) in [4.78, 5) is 14.4. The fourth-order valence-corrected chi connectivity index (χ4v) is 6.20. The van der Waals surface area contributed by atoms with Gasteiger partial charge in [0.2, 0.25) is 0 Å².